The number of amides is 1. The van der Waals surface area contributed by atoms with Gasteiger partial charge in [-0.25, -0.2) is 4.98 Å². The molecule has 0 saturated carbocycles. The Morgan fingerprint density at radius 3 is 2.73 bits per heavy atom. The number of imidazole rings is 1. The highest BCUT2D eigenvalue weighted by molar-refractivity contribution is 5.94. The Hall–Kier alpha value is -2.82. The van der Waals surface area contributed by atoms with E-state index < -0.39 is 0 Å². The molecule has 1 aliphatic rings. The fourth-order valence-corrected chi connectivity index (χ4v) is 3.81. The zero-order valence-electron chi connectivity index (χ0n) is 15.2. The first-order valence-electron chi connectivity index (χ1n) is 9.13. The normalized spacial score (nSPS) is 17.0. The van der Waals surface area contributed by atoms with Gasteiger partial charge in [-0.05, 0) is 56.7 Å². The van der Waals surface area contributed by atoms with Gasteiger partial charge in [-0.2, -0.15) is 0 Å². The quantitative estimate of drug-likeness (QED) is 0.719. The molecule has 1 amide bonds. The molecule has 0 N–H and O–H groups in total. The van der Waals surface area contributed by atoms with Crippen molar-refractivity contribution >= 4 is 16.9 Å². The van der Waals surface area contributed by atoms with Crippen molar-refractivity contribution in [2.45, 2.75) is 26.3 Å². The first-order chi connectivity index (χ1) is 12.7. The number of fused-ring (bicyclic) bond motifs is 1. The maximum absolute atomic E-state index is 12.8. The van der Waals surface area contributed by atoms with E-state index in [1.165, 1.54) is 0 Å². The summed E-state index contributed by atoms with van der Waals surface area (Å²) in [5.74, 6) is 1.88. The van der Waals surface area contributed by atoms with Crippen LogP contribution in [0.25, 0.3) is 11.0 Å². The Kier molecular flexibility index (Phi) is 4.37. The molecule has 1 saturated heterocycles. The van der Waals surface area contributed by atoms with Gasteiger partial charge in [-0.3, -0.25) is 4.79 Å². The van der Waals surface area contributed by atoms with E-state index in [-0.39, 0.29) is 11.9 Å². The summed E-state index contributed by atoms with van der Waals surface area (Å²) in [6.07, 6.45) is 0.948. The number of rotatable bonds is 4. The molecule has 0 spiro atoms. The van der Waals surface area contributed by atoms with Crippen molar-refractivity contribution in [3.05, 3.63) is 59.9 Å². The molecule has 0 aliphatic carbocycles. The molecule has 0 bridgehead atoms. The standard InChI is InChI=1S/C21H23N3O2/c1-3-26-18-10-8-16(9-11-18)21(25)23-13-12-17(14-23)24-15(2)22-19-6-4-5-7-20(19)24/h4-11,17H,3,12-14H2,1-2H3/t17-/m1/s1. The lowest BCUT2D eigenvalue weighted by Gasteiger charge is -2.18. The highest BCUT2D eigenvalue weighted by atomic mass is 16.5. The summed E-state index contributed by atoms with van der Waals surface area (Å²) in [6.45, 7) is 6.09. The van der Waals surface area contributed by atoms with Crippen molar-refractivity contribution in [3.63, 3.8) is 0 Å². The smallest absolute Gasteiger partial charge is 0.253 e. The van der Waals surface area contributed by atoms with Crippen molar-refractivity contribution < 1.29 is 9.53 Å². The number of carbonyl (C=O) groups excluding carboxylic acids is 1. The van der Waals surface area contributed by atoms with Crippen LogP contribution in [0.1, 0.15) is 35.6 Å². The SMILES string of the molecule is CCOc1ccc(C(=O)N2CC[C@@H](n3c(C)nc4ccccc43)C2)cc1. The number of likely N-dealkylation sites (tertiary alicyclic amines) is 1. The molecule has 5 heteroatoms. The Morgan fingerprint density at radius 2 is 1.96 bits per heavy atom. The molecule has 4 rings (SSSR count). The number of nitrogens with zero attached hydrogens (tertiary/aromatic N) is 3. The minimum absolute atomic E-state index is 0.0811. The molecule has 1 aliphatic heterocycles. The second-order valence-corrected chi connectivity index (χ2v) is 6.67. The highest BCUT2D eigenvalue weighted by Gasteiger charge is 2.29. The lowest BCUT2D eigenvalue weighted by atomic mass is 10.2. The van der Waals surface area contributed by atoms with Gasteiger partial charge in [0.15, 0.2) is 0 Å². The van der Waals surface area contributed by atoms with E-state index in [9.17, 15) is 4.79 Å². The van der Waals surface area contributed by atoms with Crippen LogP contribution in [0.5, 0.6) is 5.75 Å². The lowest BCUT2D eigenvalue weighted by molar-refractivity contribution is 0.0787. The van der Waals surface area contributed by atoms with Gasteiger partial charge < -0.3 is 14.2 Å². The van der Waals surface area contributed by atoms with E-state index in [4.69, 9.17) is 4.74 Å². The van der Waals surface area contributed by atoms with Crippen LogP contribution in [-0.4, -0.2) is 40.1 Å². The van der Waals surface area contributed by atoms with Crippen LogP contribution in [-0.2, 0) is 0 Å². The van der Waals surface area contributed by atoms with Crippen molar-refractivity contribution in [2.24, 2.45) is 0 Å². The van der Waals surface area contributed by atoms with E-state index in [0.717, 1.165) is 35.6 Å². The van der Waals surface area contributed by atoms with Gasteiger partial charge in [0, 0.05) is 18.7 Å². The number of aromatic nitrogens is 2. The zero-order chi connectivity index (χ0) is 18.1. The summed E-state index contributed by atoms with van der Waals surface area (Å²) >= 11 is 0. The first kappa shape index (κ1) is 16.6. The van der Waals surface area contributed by atoms with Gasteiger partial charge in [0.2, 0.25) is 0 Å². The second kappa shape index (κ2) is 6.83. The molecule has 1 aromatic heterocycles. The summed E-state index contributed by atoms with van der Waals surface area (Å²) < 4.78 is 7.73. The van der Waals surface area contributed by atoms with E-state index in [1.807, 2.05) is 61.2 Å². The molecule has 134 valence electrons. The lowest BCUT2D eigenvalue weighted by Crippen LogP contribution is -2.29. The Balaban J connectivity index is 1.52. The van der Waals surface area contributed by atoms with Crippen molar-refractivity contribution in [3.8, 4) is 5.75 Å². The minimum Gasteiger partial charge on any atom is -0.494 e. The molecular weight excluding hydrogens is 326 g/mol. The highest BCUT2D eigenvalue weighted by Crippen LogP contribution is 2.29. The molecule has 2 aromatic carbocycles. The number of aryl methyl sites for hydroxylation is 1. The number of ether oxygens (including phenoxy) is 1. The van der Waals surface area contributed by atoms with Crippen LogP contribution in [0, 0.1) is 6.92 Å². The van der Waals surface area contributed by atoms with Gasteiger partial charge in [-0.15, -0.1) is 0 Å². The third kappa shape index (κ3) is 2.94. The van der Waals surface area contributed by atoms with E-state index in [1.54, 1.807) is 0 Å². The summed E-state index contributed by atoms with van der Waals surface area (Å²) in [5, 5.41) is 0. The summed E-state index contributed by atoms with van der Waals surface area (Å²) in [5.41, 5.74) is 2.87. The van der Waals surface area contributed by atoms with Crippen molar-refractivity contribution in [2.75, 3.05) is 19.7 Å². The molecule has 5 nitrogen and oxygen atoms in total. The topological polar surface area (TPSA) is 47.4 Å². The molecule has 0 unspecified atom stereocenters. The van der Waals surface area contributed by atoms with Crippen LogP contribution in [0.2, 0.25) is 0 Å². The summed E-state index contributed by atoms with van der Waals surface area (Å²) in [4.78, 5) is 19.4. The zero-order valence-corrected chi connectivity index (χ0v) is 15.2. The number of benzene rings is 2. The molecular formula is C21H23N3O2. The van der Waals surface area contributed by atoms with Gasteiger partial charge in [-0.1, -0.05) is 12.1 Å². The fourth-order valence-electron chi connectivity index (χ4n) is 3.81. The van der Waals surface area contributed by atoms with Crippen molar-refractivity contribution in [1.29, 1.82) is 0 Å². The average molecular weight is 349 g/mol. The predicted octanol–water partition coefficient (Wildman–Crippen LogP) is 3.83. The van der Waals surface area contributed by atoms with Gasteiger partial charge in [0.25, 0.3) is 5.91 Å². The van der Waals surface area contributed by atoms with Crippen LogP contribution in [0.3, 0.4) is 0 Å². The van der Waals surface area contributed by atoms with Gasteiger partial charge in [0.1, 0.15) is 11.6 Å². The van der Waals surface area contributed by atoms with E-state index >= 15 is 0 Å². The van der Waals surface area contributed by atoms with E-state index in [0.29, 0.717) is 18.7 Å². The van der Waals surface area contributed by atoms with E-state index in [2.05, 4.69) is 15.6 Å². The number of carbonyl (C=O) groups is 1. The Morgan fingerprint density at radius 1 is 1.19 bits per heavy atom. The number of hydrogen-bond donors (Lipinski definition) is 0. The maximum Gasteiger partial charge on any atom is 0.253 e. The minimum atomic E-state index is 0.0811. The third-order valence-electron chi connectivity index (χ3n) is 5.00. The molecule has 3 aromatic rings. The fraction of sp³-hybridized carbons (Fsp3) is 0.333. The molecule has 1 atom stereocenters. The Labute approximate surface area is 153 Å². The maximum atomic E-state index is 12.8. The van der Waals surface area contributed by atoms with Crippen LogP contribution >= 0.6 is 0 Å². The first-order valence-corrected chi connectivity index (χ1v) is 9.13. The molecule has 26 heavy (non-hydrogen) atoms. The van der Waals surface area contributed by atoms with Gasteiger partial charge in [0.05, 0.1) is 23.7 Å². The summed E-state index contributed by atoms with van der Waals surface area (Å²) in [7, 11) is 0. The molecule has 0 radical (unpaired) electrons. The third-order valence-corrected chi connectivity index (χ3v) is 5.00. The predicted molar refractivity (Wildman–Crippen MR) is 102 cm³/mol. The largest absolute Gasteiger partial charge is 0.494 e. The average Bonchev–Trinajstić information content (AvgIpc) is 3.25. The van der Waals surface area contributed by atoms with Crippen molar-refractivity contribution in [1.82, 2.24) is 14.5 Å². The molecule has 2 heterocycles. The van der Waals surface area contributed by atoms with Crippen LogP contribution < -0.4 is 4.74 Å². The number of hydrogen-bond acceptors (Lipinski definition) is 3. The second-order valence-electron chi connectivity index (χ2n) is 6.67. The monoisotopic (exact) mass is 349 g/mol. The van der Waals surface area contributed by atoms with Crippen LogP contribution in [0.4, 0.5) is 0 Å². The number of para-hydroxylation sites is 2. The Bertz CT molecular complexity index is 930. The molecule has 1 fully saturated rings. The van der Waals surface area contributed by atoms with Gasteiger partial charge >= 0.3 is 0 Å². The summed E-state index contributed by atoms with van der Waals surface area (Å²) in [6, 6.07) is 15.9. The van der Waals surface area contributed by atoms with Crippen LogP contribution in [0.15, 0.2) is 48.5 Å².